The van der Waals surface area contributed by atoms with Gasteiger partial charge in [0.05, 0.1) is 0 Å². The predicted octanol–water partition coefficient (Wildman–Crippen LogP) is 2.89. The van der Waals surface area contributed by atoms with E-state index in [0.29, 0.717) is 0 Å². The number of hydrogen-bond donors (Lipinski definition) is 2. The average Bonchev–Trinajstić information content (AvgIpc) is 2.44. The topological polar surface area (TPSA) is 69.6 Å². The minimum absolute atomic E-state index is 0.166. The lowest BCUT2D eigenvalue weighted by Gasteiger charge is -2.26. The van der Waals surface area contributed by atoms with E-state index in [0.717, 1.165) is 24.9 Å². The second-order valence-corrected chi connectivity index (χ2v) is 5.70. The number of carboxylic acids is 1. The number of rotatable bonds is 4. The first kappa shape index (κ1) is 15.4. The van der Waals surface area contributed by atoms with Crippen molar-refractivity contribution in [3.8, 4) is 0 Å². The fourth-order valence-electron chi connectivity index (χ4n) is 2.72. The summed E-state index contributed by atoms with van der Waals surface area (Å²) in [5, 5.41) is 11.8. The summed E-state index contributed by atoms with van der Waals surface area (Å²) >= 11 is 0. The number of carbonyl (C=O) groups excluding carboxylic acids is 1. The molecule has 0 spiro atoms. The molecule has 114 valence electrons. The number of carboxylic acid groups (broad SMARTS) is 1. The van der Waals surface area contributed by atoms with Crippen molar-refractivity contribution in [2.75, 3.05) is 11.9 Å². The van der Waals surface area contributed by atoms with Crippen molar-refractivity contribution in [3.05, 3.63) is 29.3 Å². The third kappa shape index (κ3) is 3.74. The van der Waals surface area contributed by atoms with Crippen LogP contribution in [0.1, 0.15) is 37.8 Å². The zero-order valence-electron chi connectivity index (χ0n) is 12.6. The summed E-state index contributed by atoms with van der Waals surface area (Å²) in [6.45, 7) is 3.32. The maximum Gasteiger partial charge on any atom is 0.323 e. The van der Waals surface area contributed by atoms with E-state index in [-0.39, 0.29) is 18.6 Å². The van der Waals surface area contributed by atoms with Gasteiger partial charge >= 0.3 is 12.0 Å². The predicted molar refractivity (Wildman–Crippen MR) is 81.6 cm³/mol. The van der Waals surface area contributed by atoms with Crippen LogP contribution in [0, 0.1) is 0 Å². The highest BCUT2D eigenvalue weighted by molar-refractivity contribution is 5.92. The van der Waals surface area contributed by atoms with Crippen LogP contribution in [0.2, 0.25) is 0 Å². The van der Waals surface area contributed by atoms with E-state index in [4.69, 9.17) is 5.11 Å². The number of amides is 2. The fraction of sp³-hybridized carbons (Fsp3) is 0.500. The van der Waals surface area contributed by atoms with Crippen molar-refractivity contribution in [1.29, 1.82) is 0 Å². The largest absolute Gasteiger partial charge is 0.480 e. The number of urea groups is 1. The number of nitrogens with zero attached hydrogens (tertiary/aromatic N) is 1. The molecule has 0 saturated carbocycles. The van der Waals surface area contributed by atoms with Gasteiger partial charge < -0.3 is 15.3 Å². The van der Waals surface area contributed by atoms with Gasteiger partial charge in [-0.2, -0.15) is 0 Å². The van der Waals surface area contributed by atoms with Crippen LogP contribution in [0.5, 0.6) is 0 Å². The normalized spacial score (nSPS) is 13.7. The summed E-state index contributed by atoms with van der Waals surface area (Å²) in [5.74, 6) is -1.01. The summed E-state index contributed by atoms with van der Waals surface area (Å²) < 4.78 is 0. The molecule has 0 fully saturated rings. The SMILES string of the molecule is CC(C)N(CC(=O)O)C(=O)Nc1cccc2c1CCCC2. The third-order valence-electron chi connectivity index (χ3n) is 3.83. The Morgan fingerprint density at radius 1 is 1.29 bits per heavy atom. The molecule has 0 heterocycles. The van der Waals surface area contributed by atoms with E-state index in [9.17, 15) is 9.59 Å². The molecule has 1 aromatic rings. The maximum atomic E-state index is 12.3. The molecule has 1 aliphatic rings. The van der Waals surface area contributed by atoms with Crippen LogP contribution >= 0.6 is 0 Å². The Hall–Kier alpha value is -2.04. The van der Waals surface area contributed by atoms with Gasteiger partial charge in [0.25, 0.3) is 0 Å². The number of carbonyl (C=O) groups is 2. The van der Waals surface area contributed by atoms with Gasteiger partial charge in [-0.3, -0.25) is 4.79 Å². The third-order valence-corrected chi connectivity index (χ3v) is 3.83. The van der Waals surface area contributed by atoms with Crippen molar-refractivity contribution >= 4 is 17.7 Å². The second kappa shape index (κ2) is 6.61. The van der Waals surface area contributed by atoms with E-state index < -0.39 is 5.97 Å². The standard InChI is InChI=1S/C16H22N2O3/c1-11(2)18(10-15(19)20)16(21)17-14-9-5-7-12-6-3-4-8-13(12)14/h5,7,9,11H,3-4,6,8,10H2,1-2H3,(H,17,21)(H,19,20). The Morgan fingerprint density at radius 2 is 2.00 bits per heavy atom. The zero-order chi connectivity index (χ0) is 15.4. The molecule has 0 atom stereocenters. The molecule has 0 unspecified atom stereocenters. The van der Waals surface area contributed by atoms with Gasteiger partial charge in [-0.25, -0.2) is 4.79 Å². The Bertz CT molecular complexity index is 540. The lowest BCUT2D eigenvalue weighted by atomic mass is 9.90. The zero-order valence-corrected chi connectivity index (χ0v) is 12.6. The molecule has 5 heteroatoms. The van der Waals surface area contributed by atoms with Gasteiger partial charge in [-0.15, -0.1) is 0 Å². The minimum atomic E-state index is -1.01. The molecule has 0 aliphatic heterocycles. The van der Waals surface area contributed by atoms with Gasteiger partial charge in [0.15, 0.2) is 0 Å². The lowest BCUT2D eigenvalue weighted by Crippen LogP contribution is -2.43. The lowest BCUT2D eigenvalue weighted by molar-refractivity contribution is -0.137. The van der Waals surface area contributed by atoms with Crippen molar-refractivity contribution in [1.82, 2.24) is 4.90 Å². The van der Waals surface area contributed by atoms with E-state index in [1.54, 1.807) is 0 Å². The van der Waals surface area contributed by atoms with Gasteiger partial charge in [0.2, 0.25) is 0 Å². The quantitative estimate of drug-likeness (QED) is 0.895. The van der Waals surface area contributed by atoms with Crippen molar-refractivity contribution in [2.24, 2.45) is 0 Å². The first-order valence-electron chi connectivity index (χ1n) is 7.39. The van der Waals surface area contributed by atoms with E-state index in [1.165, 1.54) is 22.4 Å². The summed E-state index contributed by atoms with van der Waals surface area (Å²) in [5.41, 5.74) is 3.29. The average molecular weight is 290 g/mol. The Balaban J connectivity index is 2.17. The van der Waals surface area contributed by atoms with Crippen LogP contribution in [-0.4, -0.2) is 34.6 Å². The highest BCUT2D eigenvalue weighted by atomic mass is 16.4. The molecule has 1 aromatic carbocycles. The van der Waals surface area contributed by atoms with Gasteiger partial charge in [-0.05, 0) is 56.7 Å². The maximum absolute atomic E-state index is 12.3. The number of anilines is 1. The second-order valence-electron chi connectivity index (χ2n) is 5.70. The van der Waals surface area contributed by atoms with Gasteiger partial charge in [-0.1, -0.05) is 12.1 Å². The minimum Gasteiger partial charge on any atom is -0.480 e. The summed E-state index contributed by atoms with van der Waals surface area (Å²) in [6, 6.07) is 5.41. The first-order valence-corrected chi connectivity index (χ1v) is 7.39. The monoisotopic (exact) mass is 290 g/mol. The summed E-state index contributed by atoms with van der Waals surface area (Å²) in [6.07, 6.45) is 4.32. The molecule has 2 N–H and O–H groups in total. The number of aryl methyl sites for hydroxylation is 1. The summed E-state index contributed by atoms with van der Waals surface area (Å²) in [4.78, 5) is 24.5. The van der Waals surface area contributed by atoms with Crippen LogP contribution in [-0.2, 0) is 17.6 Å². The Morgan fingerprint density at radius 3 is 2.67 bits per heavy atom. The molecule has 0 aromatic heterocycles. The molecule has 5 nitrogen and oxygen atoms in total. The van der Waals surface area contributed by atoms with Crippen molar-refractivity contribution in [2.45, 2.75) is 45.6 Å². The number of hydrogen-bond acceptors (Lipinski definition) is 2. The van der Waals surface area contributed by atoms with E-state index >= 15 is 0 Å². The highest BCUT2D eigenvalue weighted by Gasteiger charge is 2.21. The molecule has 2 rings (SSSR count). The van der Waals surface area contributed by atoms with Crippen molar-refractivity contribution < 1.29 is 14.7 Å². The van der Waals surface area contributed by atoms with Crippen LogP contribution < -0.4 is 5.32 Å². The molecule has 0 radical (unpaired) electrons. The number of nitrogens with one attached hydrogen (secondary N) is 1. The number of benzene rings is 1. The van der Waals surface area contributed by atoms with Crippen LogP contribution in [0.4, 0.5) is 10.5 Å². The molecular weight excluding hydrogens is 268 g/mol. The summed E-state index contributed by atoms with van der Waals surface area (Å²) in [7, 11) is 0. The smallest absolute Gasteiger partial charge is 0.323 e. The van der Waals surface area contributed by atoms with Crippen LogP contribution in [0.3, 0.4) is 0 Å². The van der Waals surface area contributed by atoms with Crippen LogP contribution in [0.25, 0.3) is 0 Å². The van der Waals surface area contributed by atoms with Gasteiger partial charge in [0, 0.05) is 11.7 Å². The fourth-order valence-corrected chi connectivity index (χ4v) is 2.72. The molecule has 2 amide bonds. The highest BCUT2D eigenvalue weighted by Crippen LogP contribution is 2.28. The van der Waals surface area contributed by atoms with E-state index in [2.05, 4.69) is 11.4 Å². The number of fused-ring (bicyclic) bond motifs is 1. The first-order chi connectivity index (χ1) is 9.99. The van der Waals surface area contributed by atoms with Crippen molar-refractivity contribution in [3.63, 3.8) is 0 Å². The Labute approximate surface area is 125 Å². The molecule has 0 bridgehead atoms. The molecule has 1 aliphatic carbocycles. The molecule has 21 heavy (non-hydrogen) atoms. The van der Waals surface area contributed by atoms with Gasteiger partial charge in [0.1, 0.15) is 6.54 Å². The molecular formula is C16H22N2O3. The number of aliphatic carboxylic acids is 1. The van der Waals surface area contributed by atoms with E-state index in [1.807, 2.05) is 26.0 Å². The molecule has 0 saturated heterocycles. The Kier molecular flexibility index (Phi) is 4.83. The van der Waals surface area contributed by atoms with Crippen LogP contribution in [0.15, 0.2) is 18.2 Å².